The van der Waals surface area contributed by atoms with Crippen molar-refractivity contribution in [3.8, 4) is 11.5 Å². The minimum atomic E-state index is -0.335. The van der Waals surface area contributed by atoms with Gasteiger partial charge in [0.05, 0.1) is 24.9 Å². The molecule has 2 rings (SSSR count). The fourth-order valence-electron chi connectivity index (χ4n) is 2.19. The van der Waals surface area contributed by atoms with E-state index in [0.29, 0.717) is 27.9 Å². The van der Waals surface area contributed by atoms with Crippen LogP contribution < -0.4 is 20.1 Å². The Morgan fingerprint density at radius 1 is 1.00 bits per heavy atom. The van der Waals surface area contributed by atoms with Crippen LogP contribution in [0.1, 0.15) is 12.5 Å². The van der Waals surface area contributed by atoms with Crippen molar-refractivity contribution >= 4 is 40.9 Å². The molecule has 0 saturated carbocycles. The van der Waals surface area contributed by atoms with Gasteiger partial charge in [0.1, 0.15) is 11.5 Å². The lowest BCUT2D eigenvalue weighted by atomic mass is 10.2. The quantitative estimate of drug-likeness (QED) is 0.750. The van der Waals surface area contributed by atoms with Crippen molar-refractivity contribution in [3.63, 3.8) is 0 Å². The second-order valence-electron chi connectivity index (χ2n) is 5.31. The van der Waals surface area contributed by atoms with Gasteiger partial charge in [0, 0.05) is 30.8 Å². The van der Waals surface area contributed by atoms with Gasteiger partial charge in [-0.05, 0) is 23.8 Å². The maximum Gasteiger partial charge on any atom is 0.248 e. The molecule has 2 aromatic rings. The highest BCUT2D eigenvalue weighted by Crippen LogP contribution is 2.35. The maximum atomic E-state index is 12.2. The van der Waals surface area contributed by atoms with Gasteiger partial charge in [0.2, 0.25) is 11.8 Å². The van der Waals surface area contributed by atoms with Crippen LogP contribution in [0.4, 0.5) is 11.4 Å². The first-order valence-electron chi connectivity index (χ1n) is 7.71. The second-order valence-corrected chi connectivity index (χ2v) is 5.72. The smallest absolute Gasteiger partial charge is 0.248 e. The zero-order valence-electron chi connectivity index (χ0n) is 14.6. The van der Waals surface area contributed by atoms with Gasteiger partial charge < -0.3 is 20.1 Å². The monoisotopic (exact) mass is 374 g/mol. The summed E-state index contributed by atoms with van der Waals surface area (Å²) in [5.74, 6) is 0.385. The molecular formula is C19H19ClN2O4. The third kappa shape index (κ3) is 5.26. The first kappa shape index (κ1) is 19.3. The van der Waals surface area contributed by atoms with E-state index in [2.05, 4.69) is 10.6 Å². The van der Waals surface area contributed by atoms with E-state index in [-0.39, 0.29) is 11.8 Å². The van der Waals surface area contributed by atoms with Crippen molar-refractivity contribution < 1.29 is 19.1 Å². The molecule has 2 N–H and O–H groups in total. The molecule has 0 saturated heterocycles. The minimum Gasteiger partial charge on any atom is -0.495 e. The number of ether oxygens (including phenoxy) is 2. The largest absolute Gasteiger partial charge is 0.495 e. The Labute approximate surface area is 156 Å². The molecule has 0 radical (unpaired) electrons. The Kier molecular flexibility index (Phi) is 6.63. The maximum absolute atomic E-state index is 12.2. The van der Waals surface area contributed by atoms with Gasteiger partial charge in [-0.25, -0.2) is 0 Å². The predicted molar refractivity (Wildman–Crippen MR) is 103 cm³/mol. The van der Waals surface area contributed by atoms with E-state index in [1.165, 1.54) is 27.2 Å². The standard InChI is InChI=1S/C19H19ClN2O4/c1-12(23)21-14-7-4-13(5-8-14)6-9-19(24)22-16-11-17(25-2)15(20)10-18(16)26-3/h4-11H,1-3H3,(H,21,23)(H,22,24)/b9-6+. The summed E-state index contributed by atoms with van der Waals surface area (Å²) in [5.41, 5.74) is 1.96. The highest BCUT2D eigenvalue weighted by molar-refractivity contribution is 6.32. The molecule has 0 aliphatic rings. The summed E-state index contributed by atoms with van der Waals surface area (Å²) in [6, 6.07) is 10.3. The fourth-order valence-corrected chi connectivity index (χ4v) is 2.42. The summed E-state index contributed by atoms with van der Waals surface area (Å²) >= 11 is 6.04. The lowest BCUT2D eigenvalue weighted by Gasteiger charge is -2.12. The van der Waals surface area contributed by atoms with Crippen LogP contribution in [0.15, 0.2) is 42.5 Å². The van der Waals surface area contributed by atoms with Crippen molar-refractivity contribution in [1.82, 2.24) is 0 Å². The van der Waals surface area contributed by atoms with Gasteiger partial charge in [0.15, 0.2) is 0 Å². The van der Waals surface area contributed by atoms with Crippen molar-refractivity contribution in [2.75, 3.05) is 24.9 Å². The van der Waals surface area contributed by atoms with Gasteiger partial charge >= 0.3 is 0 Å². The van der Waals surface area contributed by atoms with Gasteiger partial charge in [-0.3, -0.25) is 9.59 Å². The molecule has 0 spiro atoms. The molecule has 2 aromatic carbocycles. The van der Waals surface area contributed by atoms with Crippen LogP contribution in [-0.2, 0) is 9.59 Å². The van der Waals surface area contributed by atoms with Gasteiger partial charge in [-0.1, -0.05) is 23.7 Å². The molecule has 0 aliphatic heterocycles. The summed E-state index contributed by atoms with van der Waals surface area (Å²) < 4.78 is 10.4. The molecule has 0 unspecified atom stereocenters. The zero-order valence-corrected chi connectivity index (χ0v) is 15.4. The first-order chi connectivity index (χ1) is 12.4. The van der Waals surface area contributed by atoms with Crippen LogP contribution >= 0.6 is 11.6 Å². The molecule has 0 bridgehead atoms. The van der Waals surface area contributed by atoms with Crippen LogP contribution in [-0.4, -0.2) is 26.0 Å². The number of methoxy groups -OCH3 is 2. The molecule has 26 heavy (non-hydrogen) atoms. The van der Waals surface area contributed by atoms with E-state index >= 15 is 0 Å². The van der Waals surface area contributed by atoms with Gasteiger partial charge in [-0.15, -0.1) is 0 Å². The molecule has 0 heterocycles. The molecule has 0 atom stereocenters. The molecule has 2 amide bonds. The van der Waals surface area contributed by atoms with Crippen molar-refractivity contribution in [3.05, 3.63) is 53.1 Å². The predicted octanol–water partition coefficient (Wildman–Crippen LogP) is 3.97. The fraction of sp³-hybridized carbons (Fsp3) is 0.158. The lowest BCUT2D eigenvalue weighted by Crippen LogP contribution is -2.09. The average molecular weight is 375 g/mol. The van der Waals surface area contributed by atoms with Crippen molar-refractivity contribution in [2.45, 2.75) is 6.92 Å². The number of halogens is 1. The molecule has 0 fully saturated rings. The van der Waals surface area contributed by atoms with E-state index < -0.39 is 0 Å². The summed E-state index contributed by atoms with van der Waals surface area (Å²) in [6.45, 7) is 1.44. The molecular weight excluding hydrogens is 356 g/mol. The van der Waals surface area contributed by atoms with Crippen LogP contribution in [0, 0.1) is 0 Å². The highest BCUT2D eigenvalue weighted by atomic mass is 35.5. The van der Waals surface area contributed by atoms with E-state index in [1.54, 1.807) is 42.5 Å². The molecule has 0 aliphatic carbocycles. The van der Waals surface area contributed by atoms with Gasteiger partial charge in [0.25, 0.3) is 0 Å². The van der Waals surface area contributed by atoms with Gasteiger partial charge in [-0.2, -0.15) is 0 Å². The Hall–Kier alpha value is -2.99. The number of nitrogens with one attached hydrogen (secondary N) is 2. The second kappa shape index (κ2) is 8.92. The number of rotatable bonds is 6. The summed E-state index contributed by atoms with van der Waals surface area (Å²) in [5, 5.41) is 5.79. The van der Waals surface area contributed by atoms with Crippen molar-refractivity contribution in [2.24, 2.45) is 0 Å². The van der Waals surface area contributed by atoms with E-state index in [9.17, 15) is 9.59 Å². The normalized spacial score (nSPS) is 10.5. The average Bonchev–Trinajstić information content (AvgIpc) is 2.61. The first-order valence-corrected chi connectivity index (χ1v) is 8.09. The topological polar surface area (TPSA) is 76.7 Å². The molecule has 7 heteroatoms. The van der Waals surface area contributed by atoms with Crippen LogP contribution in [0.25, 0.3) is 6.08 Å². The van der Waals surface area contributed by atoms with Crippen molar-refractivity contribution in [1.29, 1.82) is 0 Å². The summed E-state index contributed by atoms with van der Waals surface area (Å²) in [4.78, 5) is 23.2. The molecule has 0 aromatic heterocycles. The number of carbonyl (C=O) groups excluding carboxylic acids is 2. The third-order valence-corrected chi connectivity index (χ3v) is 3.69. The summed E-state index contributed by atoms with van der Waals surface area (Å²) in [7, 11) is 2.98. The van der Waals surface area contributed by atoms with E-state index in [4.69, 9.17) is 21.1 Å². The number of carbonyl (C=O) groups is 2. The zero-order chi connectivity index (χ0) is 19.1. The van der Waals surface area contributed by atoms with Crippen LogP contribution in [0.5, 0.6) is 11.5 Å². The van der Waals surface area contributed by atoms with E-state index in [1.807, 2.05) is 0 Å². The number of benzene rings is 2. The number of hydrogen-bond donors (Lipinski definition) is 2. The lowest BCUT2D eigenvalue weighted by molar-refractivity contribution is -0.114. The van der Waals surface area contributed by atoms with E-state index in [0.717, 1.165) is 5.56 Å². The number of anilines is 2. The minimum absolute atomic E-state index is 0.139. The van der Waals surface area contributed by atoms with Crippen LogP contribution in [0.3, 0.4) is 0 Å². The summed E-state index contributed by atoms with van der Waals surface area (Å²) in [6.07, 6.45) is 3.06. The molecule has 136 valence electrons. The Morgan fingerprint density at radius 2 is 1.65 bits per heavy atom. The Balaban J connectivity index is 2.08. The SMILES string of the molecule is COc1cc(NC(=O)/C=C/c2ccc(NC(C)=O)cc2)c(OC)cc1Cl. The third-order valence-electron chi connectivity index (χ3n) is 3.39. The molecule has 6 nitrogen and oxygen atoms in total. The Morgan fingerprint density at radius 3 is 2.23 bits per heavy atom. The number of hydrogen-bond acceptors (Lipinski definition) is 4. The number of amides is 2. The Bertz CT molecular complexity index is 832. The highest BCUT2D eigenvalue weighted by Gasteiger charge is 2.11. The van der Waals surface area contributed by atoms with Crippen LogP contribution in [0.2, 0.25) is 5.02 Å².